The van der Waals surface area contributed by atoms with Gasteiger partial charge in [-0.05, 0) is 51.5 Å². The summed E-state index contributed by atoms with van der Waals surface area (Å²) in [5, 5.41) is 5.66. The molecule has 0 bridgehead atoms. The Morgan fingerprint density at radius 3 is 2.38 bits per heavy atom. The van der Waals surface area contributed by atoms with Gasteiger partial charge in [0.2, 0.25) is 11.8 Å². The van der Waals surface area contributed by atoms with E-state index in [1.165, 1.54) is 18.1 Å². The molecule has 1 atom stereocenters. The monoisotopic (exact) mass is 449 g/mol. The van der Waals surface area contributed by atoms with E-state index < -0.39 is 6.04 Å². The van der Waals surface area contributed by atoms with Gasteiger partial charge in [-0.3, -0.25) is 14.4 Å². The molecule has 8 nitrogen and oxygen atoms in total. The Labute approximate surface area is 191 Å². The fourth-order valence-corrected chi connectivity index (χ4v) is 2.96. The number of ketones is 1. The van der Waals surface area contributed by atoms with Crippen LogP contribution in [-0.2, 0) is 30.3 Å². The van der Waals surface area contributed by atoms with Crippen molar-refractivity contribution in [3.8, 4) is 0 Å². The van der Waals surface area contributed by atoms with E-state index in [0.717, 1.165) is 25.7 Å². The molecule has 0 aliphatic heterocycles. The summed E-state index contributed by atoms with van der Waals surface area (Å²) in [7, 11) is 0. The van der Waals surface area contributed by atoms with Gasteiger partial charge in [0.15, 0.2) is 5.78 Å². The van der Waals surface area contributed by atoms with Crippen LogP contribution in [0.5, 0.6) is 0 Å². The van der Waals surface area contributed by atoms with Crippen molar-refractivity contribution in [3.05, 3.63) is 35.4 Å². The molecule has 32 heavy (non-hydrogen) atoms. The van der Waals surface area contributed by atoms with Gasteiger partial charge in [0.1, 0.15) is 6.61 Å². The zero-order valence-electron chi connectivity index (χ0n) is 19.5. The number of aryl methyl sites for hydroxylation is 2. The number of benzene rings is 1. The highest BCUT2D eigenvalue weighted by molar-refractivity contribution is 5.81. The molecule has 1 unspecified atom stereocenters. The van der Waals surface area contributed by atoms with Crippen molar-refractivity contribution in [3.63, 3.8) is 0 Å². The average Bonchev–Trinajstić information content (AvgIpc) is 2.76. The Morgan fingerprint density at radius 2 is 1.66 bits per heavy atom. The van der Waals surface area contributed by atoms with Crippen LogP contribution in [-0.4, -0.2) is 63.2 Å². The lowest BCUT2D eigenvalue weighted by Gasteiger charge is -2.12. The van der Waals surface area contributed by atoms with Gasteiger partial charge in [0.05, 0.1) is 25.9 Å². The lowest BCUT2D eigenvalue weighted by atomic mass is 10.1. The summed E-state index contributed by atoms with van der Waals surface area (Å²) in [6.45, 7) is 5.65. The number of nitrogens with two attached hydrogens (primary N) is 1. The number of carbonyl (C=O) groups excluding carboxylic acids is 3. The van der Waals surface area contributed by atoms with Crippen LogP contribution in [0.1, 0.15) is 50.2 Å². The number of amides is 2. The second-order valence-electron chi connectivity index (χ2n) is 7.95. The fraction of sp³-hybridized carbons (Fsp3) is 0.625. The highest BCUT2D eigenvalue weighted by Gasteiger charge is 2.12. The number of hydrogen-bond donors (Lipinski definition) is 3. The van der Waals surface area contributed by atoms with Gasteiger partial charge < -0.3 is 25.8 Å². The van der Waals surface area contributed by atoms with E-state index in [2.05, 4.69) is 41.8 Å². The van der Waals surface area contributed by atoms with Crippen molar-refractivity contribution < 1.29 is 23.9 Å². The predicted octanol–water partition coefficient (Wildman–Crippen LogP) is 1.67. The summed E-state index contributed by atoms with van der Waals surface area (Å²) in [4.78, 5) is 34.6. The van der Waals surface area contributed by atoms with Crippen molar-refractivity contribution in [1.29, 1.82) is 0 Å². The molecule has 1 rings (SSSR count). The lowest BCUT2D eigenvalue weighted by molar-refractivity contribution is -0.123. The molecule has 0 aliphatic carbocycles. The highest BCUT2D eigenvalue weighted by atomic mass is 16.5. The molecule has 1 aromatic carbocycles. The third-order valence-corrected chi connectivity index (χ3v) is 4.81. The van der Waals surface area contributed by atoms with E-state index >= 15 is 0 Å². The number of rotatable bonds is 18. The van der Waals surface area contributed by atoms with Gasteiger partial charge in [-0.1, -0.05) is 29.8 Å². The predicted molar refractivity (Wildman–Crippen MR) is 124 cm³/mol. The van der Waals surface area contributed by atoms with Gasteiger partial charge in [0.25, 0.3) is 0 Å². The quantitative estimate of drug-likeness (QED) is 0.293. The van der Waals surface area contributed by atoms with Crippen molar-refractivity contribution in [2.75, 3.05) is 39.5 Å². The first-order valence-corrected chi connectivity index (χ1v) is 11.4. The molecule has 2 amide bonds. The standard InChI is InChI=1S/C24H39N3O5/c1-19-9-11-21(12-10-19)6-5-8-23(29)26-13-4-3-7-22(25)24(30)27-14-15-31-16-17-32-18-20(2)28/h9-12,22H,3-8,13-18,25H2,1-2H3,(H,26,29)(H,27,30). The summed E-state index contributed by atoms with van der Waals surface area (Å²) in [5.41, 5.74) is 8.39. The Morgan fingerprint density at radius 1 is 0.938 bits per heavy atom. The third-order valence-electron chi connectivity index (χ3n) is 4.81. The van der Waals surface area contributed by atoms with Crippen LogP contribution in [0.2, 0.25) is 0 Å². The average molecular weight is 450 g/mol. The highest BCUT2D eigenvalue weighted by Crippen LogP contribution is 2.07. The maximum absolute atomic E-state index is 12.0. The Kier molecular flexibility index (Phi) is 15.0. The summed E-state index contributed by atoms with van der Waals surface area (Å²) in [6.07, 6.45) is 4.36. The fourth-order valence-electron chi connectivity index (χ4n) is 2.96. The van der Waals surface area contributed by atoms with Gasteiger partial charge in [-0.15, -0.1) is 0 Å². The molecule has 0 saturated carbocycles. The zero-order chi connectivity index (χ0) is 23.6. The van der Waals surface area contributed by atoms with Gasteiger partial charge in [-0.25, -0.2) is 0 Å². The van der Waals surface area contributed by atoms with E-state index in [1.807, 2.05) is 0 Å². The summed E-state index contributed by atoms with van der Waals surface area (Å²) in [5.74, 6) is -0.171. The lowest BCUT2D eigenvalue weighted by Crippen LogP contribution is -2.41. The molecule has 0 fully saturated rings. The van der Waals surface area contributed by atoms with Gasteiger partial charge in [-0.2, -0.15) is 0 Å². The summed E-state index contributed by atoms with van der Waals surface area (Å²) in [6, 6.07) is 7.81. The van der Waals surface area contributed by atoms with Crippen LogP contribution in [0, 0.1) is 6.92 Å². The molecule has 0 saturated heterocycles. The Balaban J connectivity index is 1.95. The van der Waals surface area contributed by atoms with Crippen molar-refractivity contribution >= 4 is 17.6 Å². The molecule has 0 aliphatic rings. The van der Waals surface area contributed by atoms with Crippen LogP contribution < -0.4 is 16.4 Å². The van der Waals surface area contributed by atoms with Crippen molar-refractivity contribution in [2.24, 2.45) is 5.73 Å². The second-order valence-corrected chi connectivity index (χ2v) is 7.95. The van der Waals surface area contributed by atoms with Crippen LogP contribution in [0.3, 0.4) is 0 Å². The first kappa shape index (κ1) is 27.7. The van der Waals surface area contributed by atoms with E-state index in [4.69, 9.17) is 15.2 Å². The SMILES string of the molecule is CC(=O)COCCOCCNC(=O)C(N)CCCCNC(=O)CCCc1ccc(C)cc1. The number of unbranched alkanes of at least 4 members (excludes halogenated alkanes) is 1. The maximum Gasteiger partial charge on any atom is 0.236 e. The molecule has 1 aromatic rings. The Hall–Kier alpha value is -2.29. The molecular weight excluding hydrogens is 410 g/mol. The largest absolute Gasteiger partial charge is 0.377 e. The Bertz CT molecular complexity index is 679. The minimum absolute atomic E-state index is 0.0254. The van der Waals surface area contributed by atoms with Gasteiger partial charge in [0, 0.05) is 19.5 Å². The van der Waals surface area contributed by atoms with Crippen LogP contribution >= 0.6 is 0 Å². The molecular formula is C24H39N3O5. The van der Waals surface area contributed by atoms with Crippen molar-refractivity contribution in [2.45, 2.75) is 58.4 Å². The van der Waals surface area contributed by atoms with E-state index in [0.29, 0.717) is 45.8 Å². The van der Waals surface area contributed by atoms with Crippen LogP contribution in [0.4, 0.5) is 0 Å². The maximum atomic E-state index is 12.0. The van der Waals surface area contributed by atoms with Crippen LogP contribution in [0.15, 0.2) is 24.3 Å². The minimum Gasteiger partial charge on any atom is -0.377 e. The normalized spacial score (nSPS) is 11.7. The molecule has 4 N–H and O–H groups in total. The van der Waals surface area contributed by atoms with E-state index in [9.17, 15) is 14.4 Å². The summed E-state index contributed by atoms with van der Waals surface area (Å²) >= 11 is 0. The van der Waals surface area contributed by atoms with Crippen molar-refractivity contribution in [1.82, 2.24) is 10.6 Å². The van der Waals surface area contributed by atoms with Gasteiger partial charge >= 0.3 is 0 Å². The molecule has 0 aromatic heterocycles. The number of hydrogen-bond acceptors (Lipinski definition) is 6. The molecule has 180 valence electrons. The number of carbonyl (C=O) groups is 3. The number of nitrogens with one attached hydrogen (secondary N) is 2. The summed E-state index contributed by atoms with van der Waals surface area (Å²) < 4.78 is 10.4. The number of Topliss-reactive ketones (excluding diaryl/α,β-unsaturated/α-hetero) is 1. The topological polar surface area (TPSA) is 120 Å². The third kappa shape index (κ3) is 14.7. The first-order valence-electron chi connectivity index (χ1n) is 11.4. The zero-order valence-corrected chi connectivity index (χ0v) is 19.5. The molecule has 8 heteroatoms. The smallest absolute Gasteiger partial charge is 0.236 e. The molecule has 0 heterocycles. The van der Waals surface area contributed by atoms with E-state index in [-0.39, 0.29) is 24.2 Å². The number of ether oxygens (including phenoxy) is 2. The molecule has 0 radical (unpaired) electrons. The minimum atomic E-state index is -0.570. The molecule has 0 spiro atoms. The van der Waals surface area contributed by atoms with E-state index in [1.54, 1.807) is 0 Å². The second kappa shape index (κ2) is 17.3. The van der Waals surface area contributed by atoms with Crippen LogP contribution in [0.25, 0.3) is 0 Å². The first-order chi connectivity index (χ1) is 15.4.